The molecule has 94 valence electrons. The molecule has 1 aromatic carbocycles. The van der Waals surface area contributed by atoms with Crippen LogP contribution in [0.25, 0.3) is 0 Å². The highest BCUT2D eigenvalue weighted by Gasteiger charge is 2.23. The number of rotatable bonds is 4. The Morgan fingerprint density at radius 1 is 1.41 bits per heavy atom. The van der Waals surface area contributed by atoms with Crippen molar-refractivity contribution in [2.45, 2.75) is 31.3 Å². The average molecular weight is 297 g/mol. The number of halogens is 1. The maximum atomic E-state index is 3.67. The molecule has 0 radical (unpaired) electrons. The first-order chi connectivity index (χ1) is 8.18. The van der Waals surface area contributed by atoms with Crippen LogP contribution in [0.5, 0.6) is 0 Å². The van der Waals surface area contributed by atoms with E-state index in [0.29, 0.717) is 12.1 Å². The van der Waals surface area contributed by atoms with Crippen molar-refractivity contribution in [1.29, 1.82) is 0 Å². The third-order valence-electron chi connectivity index (χ3n) is 3.56. The van der Waals surface area contributed by atoms with E-state index in [9.17, 15) is 0 Å². The second-order valence-corrected chi connectivity index (χ2v) is 5.88. The van der Waals surface area contributed by atoms with Crippen molar-refractivity contribution in [3.8, 4) is 0 Å². The quantitative estimate of drug-likeness (QED) is 0.918. The highest BCUT2D eigenvalue weighted by atomic mass is 79.9. The lowest BCUT2D eigenvalue weighted by Gasteiger charge is -2.28. The van der Waals surface area contributed by atoms with Crippen molar-refractivity contribution in [3.05, 3.63) is 34.3 Å². The van der Waals surface area contributed by atoms with Crippen molar-refractivity contribution in [3.63, 3.8) is 0 Å². The lowest BCUT2D eigenvalue weighted by atomic mass is 9.97. The summed E-state index contributed by atoms with van der Waals surface area (Å²) in [5.74, 6) is 0. The SMILES string of the molecule is CN(C)C(CC1CCCN1)c1ccccc1Br. The van der Waals surface area contributed by atoms with Crippen molar-refractivity contribution in [2.75, 3.05) is 20.6 Å². The third-order valence-corrected chi connectivity index (χ3v) is 4.28. The molecule has 17 heavy (non-hydrogen) atoms. The maximum absolute atomic E-state index is 3.67. The van der Waals surface area contributed by atoms with Crippen LogP contribution in [0, 0.1) is 0 Å². The predicted molar refractivity (Wildman–Crippen MR) is 76.2 cm³/mol. The summed E-state index contributed by atoms with van der Waals surface area (Å²) in [6.45, 7) is 1.18. The van der Waals surface area contributed by atoms with Gasteiger partial charge in [-0.3, -0.25) is 0 Å². The molecule has 0 amide bonds. The molecule has 0 saturated carbocycles. The lowest BCUT2D eigenvalue weighted by Crippen LogP contribution is -2.29. The molecule has 1 saturated heterocycles. The van der Waals surface area contributed by atoms with Crippen molar-refractivity contribution >= 4 is 15.9 Å². The number of hydrogen-bond acceptors (Lipinski definition) is 2. The van der Waals surface area contributed by atoms with Crippen LogP contribution < -0.4 is 5.32 Å². The van der Waals surface area contributed by atoms with E-state index in [0.717, 1.165) is 0 Å². The van der Waals surface area contributed by atoms with Gasteiger partial charge in [-0.1, -0.05) is 34.1 Å². The Hall–Kier alpha value is -0.380. The molecule has 3 heteroatoms. The summed E-state index contributed by atoms with van der Waals surface area (Å²) in [5.41, 5.74) is 1.39. The van der Waals surface area contributed by atoms with Gasteiger partial charge in [0.05, 0.1) is 0 Å². The molecule has 2 nitrogen and oxygen atoms in total. The predicted octanol–water partition coefficient (Wildman–Crippen LogP) is 3.19. The summed E-state index contributed by atoms with van der Waals surface area (Å²) in [6.07, 6.45) is 3.82. The van der Waals surface area contributed by atoms with E-state index >= 15 is 0 Å². The molecule has 0 aromatic heterocycles. The molecule has 0 spiro atoms. The fourth-order valence-corrected chi connectivity index (χ4v) is 3.14. The van der Waals surface area contributed by atoms with Gasteiger partial charge in [0.1, 0.15) is 0 Å². The Labute approximate surface area is 113 Å². The molecule has 1 heterocycles. The van der Waals surface area contributed by atoms with Gasteiger partial charge in [-0.2, -0.15) is 0 Å². The summed E-state index contributed by atoms with van der Waals surface area (Å²) < 4.78 is 1.22. The number of nitrogens with zero attached hydrogens (tertiary/aromatic N) is 1. The Morgan fingerprint density at radius 3 is 2.76 bits per heavy atom. The fraction of sp³-hybridized carbons (Fsp3) is 0.571. The van der Waals surface area contributed by atoms with E-state index in [-0.39, 0.29) is 0 Å². The van der Waals surface area contributed by atoms with Gasteiger partial charge >= 0.3 is 0 Å². The van der Waals surface area contributed by atoms with Crippen molar-refractivity contribution in [1.82, 2.24) is 10.2 Å². The highest BCUT2D eigenvalue weighted by molar-refractivity contribution is 9.10. The van der Waals surface area contributed by atoms with Crippen LogP contribution in [0.2, 0.25) is 0 Å². The van der Waals surface area contributed by atoms with Gasteiger partial charge in [0.15, 0.2) is 0 Å². The van der Waals surface area contributed by atoms with Crippen LogP contribution in [0.4, 0.5) is 0 Å². The number of benzene rings is 1. The van der Waals surface area contributed by atoms with Gasteiger partial charge in [-0.25, -0.2) is 0 Å². The maximum Gasteiger partial charge on any atom is 0.0368 e. The first kappa shape index (κ1) is 13.1. The van der Waals surface area contributed by atoms with Gasteiger partial charge < -0.3 is 10.2 Å². The smallest absolute Gasteiger partial charge is 0.0368 e. The number of nitrogens with one attached hydrogen (secondary N) is 1. The van der Waals surface area contributed by atoms with Crippen LogP contribution >= 0.6 is 15.9 Å². The van der Waals surface area contributed by atoms with Crippen LogP contribution in [-0.2, 0) is 0 Å². The lowest BCUT2D eigenvalue weighted by molar-refractivity contribution is 0.262. The normalized spacial score (nSPS) is 22.0. The van der Waals surface area contributed by atoms with Crippen LogP contribution in [0.1, 0.15) is 30.9 Å². The van der Waals surface area contributed by atoms with Crippen LogP contribution in [0.15, 0.2) is 28.7 Å². The second kappa shape index (κ2) is 5.98. The summed E-state index contributed by atoms with van der Waals surface area (Å²) in [6, 6.07) is 9.72. The molecular formula is C14H21BrN2. The zero-order chi connectivity index (χ0) is 12.3. The molecule has 1 aliphatic heterocycles. The van der Waals surface area contributed by atoms with Crippen molar-refractivity contribution in [2.24, 2.45) is 0 Å². The fourth-order valence-electron chi connectivity index (χ4n) is 2.59. The third kappa shape index (κ3) is 3.30. The zero-order valence-corrected chi connectivity index (χ0v) is 12.2. The molecule has 1 fully saturated rings. The topological polar surface area (TPSA) is 15.3 Å². The molecule has 1 N–H and O–H groups in total. The van der Waals surface area contributed by atoms with Crippen LogP contribution in [-0.4, -0.2) is 31.6 Å². The van der Waals surface area contributed by atoms with Crippen molar-refractivity contribution < 1.29 is 0 Å². The van der Waals surface area contributed by atoms with E-state index < -0.39 is 0 Å². The minimum Gasteiger partial charge on any atom is -0.314 e. The van der Waals surface area contributed by atoms with E-state index in [2.05, 4.69) is 64.5 Å². The molecule has 2 atom stereocenters. The molecule has 1 aromatic rings. The average Bonchev–Trinajstić information content (AvgIpc) is 2.79. The van der Waals surface area contributed by atoms with E-state index in [1.54, 1.807) is 0 Å². The van der Waals surface area contributed by atoms with Gasteiger partial charge in [0.25, 0.3) is 0 Å². The summed E-state index contributed by atoms with van der Waals surface area (Å²) >= 11 is 3.67. The van der Waals surface area contributed by atoms with Gasteiger partial charge in [-0.05, 0) is 51.5 Å². The first-order valence-electron chi connectivity index (χ1n) is 6.32. The largest absolute Gasteiger partial charge is 0.314 e. The molecule has 1 aliphatic rings. The van der Waals surface area contributed by atoms with E-state index in [1.807, 2.05) is 0 Å². The molecule has 0 aliphatic carbocycles. The first-order valence-corrected chi connectivity index (χ1v) is 7.12. The van der Waals surface area contributed by atoms with Gasteiger partial charge in [0, 0.05) is 16.6 Å². The molecule has 2 unspecified atom stereocenters. The monoisotopic (exact) mass is 296 g/mol. The molecular weight excluding hydrogens is 276 g/mol. The Balaban J connectivity index is 2.14. The van der Waals surface area contributed by atoms with E-state index in [1.165, 1.54) is 35.8 Å². The summed E-state index contributed by atoms with van der Waals surface area (Å²) in [5, 5.41) is 3.59. The minimum atomic E-state index is 0.487. The second-order valence-electron chi connectivity index (χ2n) is 5.03. The van der Waals surface area contributed by atoms with Crippen LogP contribution in [0.3, 0.4) is 0 Å². The zero-order valence-electron chi connectivity index (χ0n) is 10.6. The molecule has 2 rings (SSSR count). The Bertz CT molecular complexity index is 359. The Kier molecular flexibility index (Phi) is 4.60. The number of hydrogen-bond donors (Lipinski definition) is 1. The standard InChI is InChI=1S/C14H21BrN2/c1-17(2)14(10-11-6-5-9-16-11)12-7-3-4-8-13(12)15/h3-4,7-8,11,14,16H,5-6,9-10H2,1-2H3. The summed E-state index contributed by atoms with van der Waals surface area (Å²) in [7, 11) is 4.33. The van der Waals surface area contributed by atoms with Gasteiger partial charge in [-0.15, -0.1) is 0 Å². The van der Waals surface area contributed by atoms with E-state index in [4.69, 9.17) is 0 Å². The minimum absolute atomic E-state index is 0.487. The summed E-state index contributed by atoms with van der Waals surface area (Å²) in [4.78, 5) is 2.32. The molecule has 0 bridgehead atoms. The Morgan fingerprint density at radius 2 is 2.18 bits per heavy atom. The van der Waals surface area contributed by atoms with Gasteiger partial charge in [0.2, 0.25) is 0 Å². The highest BCUT2D eigenvalue weighted by Crippen LogP contribution is 2.31.